The molecule has 0 amide bonds. The van der Waals surface area contributed by atoms with Crippen LogP contribution in [0.1, 0.15) is 38.5 Å². The van der Waals surface area contributed by atoms with Crippen molar-refractivity contribution >= 4 is 16.1 Å². The van der Waals surface area contributed by atoms with Gasteiger partial charge in [0.1, 0.15) is 16.1 Å². The van der Waals surface area contributed by atoms with Crippen molar-refractivity contribution in [3.63, 3.8) is 0 Å². The second kappa shape index (κ2) is 5.02. The normalized spacial score (nSPS) is 39.7. The smallest absolute Gasteiger partial charge is 0.129 e. The molecule has 0 heterocycles. The molecule has 0 spiro atoms. The van der Waals surface area contributed by atoms with Gasteiger partial charge in [0, 0.05) is 10.8 Å². The van der Waals surface area contributed by atoms with Gasteiger partial charge in [0.15, 0.2) is 0 Å². The predicted molar refractivity (Wildman–Crippen MR) is 102 cm³/mol. The highest BCUT2D eigenvalue weighted by Gasteiger charge is 2.56. The average Bonchev–Trinajstić information content (AvgIpc) is 2.31. The van der Waals surface area contributed by atoms with Crippen LogP contribution in [-0.4, -0.2) is 16.1 Å². The van der Waals surface area contributed by atoms with E-state index in [2.05, 4.69) is 62.2 Å². The van der Waals surface area contributed by atoms with Gasteiger partial charge in [-0.15, -0.1) is 22.9 Å². The molecule has 0 aromatic carbocycles. The highest BCUT2D eigenvalue weighted by Crippen LogP contribution is 2.64. The zero-order chi connectivity index (χ0) is 16.2. The van der Waals surface area contributed by atoms with Crippen LogP contribution in [0, 0.1) is 45.6 Å². The molecule has 0 saturated heterocycles. The molecule has 4 saturated carbocycles. The van der Waals surface area contributed by atoms with Gasteiger partial charge in [-0.05, 0) is 50.4 Å². The standard InChI is InChI=1S/C20H32Si2/c1-21(2,3)9-7-19-12-17-11-18(13-19)15-20(14-17,16-19)8-10-22(4,5)6/h17-18H,11-16H2,1-6H3. The van der Waals surface area contributed by atoms with Crippen LogP contribution in [-0.2, 0) is 0 Å². The summed E-state index contributed by atoms with van der Waals surface area (Å²) in [6, 6.07) is 0. The average molecular weight is 329 g/mol. The van der Waals surface area contributed by atoms with E-state index in [1.807, 2.05) is 0 Å². The van der Waals surface area contributed by atoms with Crippen LogP contribution in [0.4, 0.5) is 0 Å². The number of hydrogen-bond donors (Lipinski definition) is 0. The third kappa shape index (κ3) is 3.55. The zero-order valence-electron chi connectivity index (χ0n) is 15.4. The molecule has 120 valence electrons. The van der Waals surface area contributed by atoms with E-state index in [0.29, 0.717) is 10.8 Å². The fourth-order valence-corrected chi connectivity index (χ4v) is 6.48. The second-order valence-corrected chi connectivity index (χ2v) is 20.0. The van der Waals surface area contributed by atoms with Crippen LogP contribution in [0.3, 0.4) is 0 Å². The van der Waals surface area contributed by atoms with E-state index < -0.39 is 16.1 Å². The van der Waals surface area contributed by atoms with E-state index in [1.165, 1.54) is 38.5 Å². The summed E-state index contributed by atoms with van der Waals surface area (Å²) < 4.78 is 0. The van der Waals surface area contributed by atoms with Gasteiger partial charge >= 0.3 is 0 Å². The molecular formula is C20H32Si2. The van der Waals surface area contributed by atoms with Crippen molar-refractivity contribution in [2.45, 2.75) is 77.8 Å². The van der Waals surface area contributed by atoms with Gasteiger partial charge in [-0.2, -0.15) is 0 Å². The van der Waals surface area contributed by atoms with Gasteiger partial charge in [0.25, 0.3) is 0 Å². The van der Waals surface area contributed by atoms with E-state index in [9.17, 15) is 0 Å². The van der Waals surface area contributed by atoms with Crippen molar-refractivity contribution in [2.75, 3.05) is 0 Å². The monoisotopic (exact) mass is 328 g/mol. The summed E-state index contributed by atoms with van der Waals surface area (Å²) in [6.07, 6.45) is 8.23. The van der Waals surface area contributed by atoms with Crippen molar-refractivity contribution in [3.8, 4) is 22.9 Å². The van der Waals surface area contributed by atoms with E-state index in [1.54, 1.807) is 0 Å². The first kappa shape index (κ1) is 16.4. The highest BCUT2D eigenvalue weighted by molar-refractivity contribution is 6.84. The second-order valence-electron chi connectivity index (χ2n) is 10.5. The Bertz CT molecular complexity index is 516. The largest absolute Gasteiger partial charge is 0.131 e. The molecule has 4 aliphatic rings. The van der Waals surface area contributed by atoms with Crippen molar-refractivity contribution in [1.29, 1.82) is 0 Å². The summed E-state index contributed by atoms with van der Waals surface area (Å²) in [7, 11) is -2.55. The molecule has 0 aromatic heterocycles. The minimum Gasteiger partial charge on any atom is -0.131 e. The molecule has 22 heavy (non-hydrogen) atoms. The molecule has 4 aliphatic carbocycles. The van der Waals surface area contributed by atoms with Crippen molar-refractivity contribution in [2.24, 2.45) is 22.7 Å². The van der Waals surface area contributed by atoms with Gasteiger partial charge in [-0.3, -0.25) is 0 Å². The van der Waals surface area contributed by atoms with Gasteiger partial charge in [0.2, 0.25) is 0 Å². The topological polar surface area (TPSA) is 0 Å². The number of rotatable bonds is 0. The van der Waals surface area contributed by atoms with Crippen LogP contribution in [0.2, 0.25) is 39.3 Å². The molecule has 4 fully saturated rings. The Morgan fingerprint density at radius 1 is 0.682 bits per heavy atom. The quantitative estimate of drug-likeness (QED) is 0.416. The summed E-state index contributed by atoms with van der Waals surface area (Å²) in [5, 5.41) is 0. The zero-order valence-corrected chi connectivity index (χ0v) is 17.4. The molecule has 0 aromatic rings. The maximum Gasteiger partial charge on any atom is 0.129 e. The van der Waals surface area contributed by atoms with Crippen LogP contribution < -0.4 is 0 Å². The highest BCUT2D eigenvalue weighted by atomic mass is 28.3. The Kier molecular flexibility index (Phi) is 3.75. The fourth-order valence-electron chi connectivity index (χ4n) is 5.20. The van der Waals surface area contributed by atoms with E-state index in [4.69, 9.17) is 0 Å². The Balaban J connectivity index is 1.93. The van der Waals surface area contributed by atoms with Gasteiger partial charge in [-0.1, -0.05) is 39.3 Å². The molecule has 0 N–H and O–H groups in total. The Labute approximate surface area is 139 Å². The summed E-state index contributed by atoms with van der Waals surface area (Å²) in [5.74, 6) is 9.51. The molecule has 0 aliphatic heterocycles. The molecular weight excluding hydrogens is 296 g/mol. The first-order valence-electron chi connectivity index (χ1n) is 9.07. The molecule has 0 nitrogen and oxygen atoms in total. The molecule has 4 rings (SSSR count). The van der Waals surface area contributed by atoms with Gasteiger partial charge in [-0.25, -0.2) is 0 Å². The maximum absolute atomic E-state index is 3.84. The Morgan fingerprint density at radius 2 is 1.05 bits per heavy atom. The first-order valence-corrected chi connectivity index (χ1v) is 16.1. The minimum atomic E-state index is -1.27. The molecule has 4 bridgehead atoms. The van der Waals surface area contributed by atoms with E-state index in [0.717, 1.165) is 11.8 Å². The summed E-state index contributed by atoms with van der Waals surface area (Å²) in [5.41, 5.74) is 8.10. The lowest BCUT2D eigenvalue weighted by molar-refractivity contribution is -0.0523. The summed E-state index contributed by atoms with van der Waals surface area (Å²) in [6.45, 7) is 14.3. The van der Waals surface area contributed by atoms with Crippen molar-refractivity contribution < 1.29 is 0 Å². The Hall–Kier alpha value is -0.446. The minimum absolute atomic E-state index is 0.332. The maximum atomic E-state index is 3.84. The van der Waals surface area contributed by atoms with Crippen LogP contribution in [0.5, 0.6) is 0 Å². The van der Waals surface area contributed by atoms with Gasteiger partial charge in [0.05, 0.1) is 0 Å². The third-order valence-corrected chi connectivity index (χ3v) is 7.22. The van der Waals surface area contributed by atoms with Crippen LogP contribution >= 0.6 is 0 Å². The molecule has 0 atom stereocenters. The molecule has 0 radical (unpaired) electrons. The first-order chi connectivity index (χ1) is 9.99. The van der Waals surface area contributed by atoms with Crippen molar-refractivity contribution in [1.82, 2.24) is 0 Å². The summed E-state index contributed by atoms with van der Waals surface area (Å²) >= 11 is 0. The third-order valence-electron chi connectivity index (χ3n) is 5.47. The van der Waals surface area contributed by atoms with E-state index in [-0.39, 0.29) is 0 Å². The lowest BCUT2D eigenvalue weighted by Gasteiger charge is -2.59. The lowest BCUT2D eigenvalue weighted by Crippen LogP contribution is -2.51. The van der Waals surface area contributed by atoms with Gasteiger partial charge < -0.3 is 0 Å². The molecule has 0 unspecified atom stereocenters. The Morgan fingerprint density at radius 3 is 1.36 bits per heavy atom. The lowest BCUT2D eigenvalue weighted by atomic mass is 9.44. The fraction of sp³-hybridized carbons (Fsp3) is 0.800. The van der Waals surface area contributed by atoms with Crippen LogP contribution in [0.15, 0.2) is 0 Å². The number of hydrogen-bond acceptors (Lipinski definition) is 0. The van der Waals surface area contributed by atoms with E-state index >= 15 is 0 Å². The molecule has 2 heteroatoms. The SMILES string of the molecule is C[Si](C)(C)C#CC12CC3CC(C1)CC(C#C[Si](C)(C)C)(C3)C2. The summed E-state index contributed by atoms with van der Waals surface area (Å²) in [4.78, 5) is 0. The predicted octanol–water partition coefficient (Wildman–Crippen LogP) is 5.33. The van der Waals surface area contributed by atoms with Crippen LogP contribution in [0.25, 0.3) is 0 Å². The van der Waals surface area contributed by atoms with Crippen molar-refractivity contribution in [3.05, 3.63) is 0 Å².